The Kier molecular flexibility index (Phi) is 5.35. The van der Waals surface area contributed by atoms with Crippen LogP contribution in [0.15, 0.2) is 18.2 Å². The van der Waals surface area contributed by atoms with Crippen LogP contribution in [0.5, 0.6) is 0 Å². The van der Waals surface area contributed by atoms with Gasteiger partial charge in [0.25, 0.3) is 0 Å². The molecule has 1 aliphatic carbocycles. The summed E-state index contributed by atoms with van der Waals surface area (Å²) in [6.07, 6.45) is 6.63. The van der Waals surface area contributed by atoms with E-state index in [2.05, 4.69) is 12.2 Å². The van der Waals surface area contributed by atoms with E-state index in [-0.39, 0.29) is 0 Å². The van der Waals surface area contributed by atoms with Crippen molar-refractivity contribution in [2.24, 2.45) is 5.92 Å². The quantitative estimate of drug-likeness (QED) is 0.816. The van der Waals surface area contributed by atoms with Crippen LogP contribution in [0.4, 0.5) is 0 Å². The highest BCUT2D eigenvalue weighted by Crippen LogP contribution is 2.28. The van der Waals surface area contributed by atoms with E-state index in [1.54, 1.807) is 0 Å². The Bertz CT molecular complexity index is 392. The Labute approximate surface area is 120 Å². The molecule has 100 valence electrons. The number of nitrogens with one attached hydrogen (secondary N) is 1. The smallest absolute Gasteiger partial charge is 0.0637 e. The van der Waals surface area contributed by atoms with Gasteiger partial charge in [0.05, 0.1) is 10.0 Å². The number of hydrogen-bond donors (Lipinski definition) is 1. The minimum atomic E-state index is 0.638. The summed E-state index contributed by atoms with van der Waals surface area (Å²) in [6.45, 7) is 3.11. The highest BCUT2D eigenvalue weighted by atomic mass is 35.5. The van der Waals surface area contributed by atoms with Gasteiger partial charge in [0, 0.05) is 12.6 Å². The van der Waals surface area contributed by atoms with E-state index in [9.17, 15) is 0 Å². The van der Waals surface area contributed by atoms with Gasteiger partial charge >= 0.3 is 0 Å². The number of hydrogen-bond acceptors (Lipinski definition) is 1. The van der Waals surface area contributed by atoms with E-state index in [0.29, 0.717) is 16.1 Å². The van der Waals surface area contributed by atoms with Crippen molar-refractivity contribution in [2.45, 2.75) is 51.6 Å². The van der Waals surface area contributed by atoms with E-state index in [1.807, 2.05) is 18.2 Å². The third-order valence-corrected chi connectivity index (χ3v) is 4.83. The molecule has 1 nitrogen and oxygen atoms in total. The van der Waals surface area contributed by atoms with Crippen LogP contribution in [0.25, 0.3) is 0 Å². The van der Waals surface area contributed by atoms with Gasteiger partial charge in [0.1, 0.15) is 0 Å². The maximum atomic E-state index is 6.19. The molecule has 1 aromatic carbocycles. The lowest BCUT2D eigenvalue weighted by atomic mass is 9.84. The molecule has 1 N–H and O–H groups in total. The second kappa shape index (κ2) is 6.79. The van der Waals surface area contributed by atoms with Crippen molar-refractivity contribution < 1.29 is 0 Å². The van der Waals surface area contributed by atoms with Gasteiger partial charge in [0.15, 0.2) is 0 Å². The summed E-state index contributed by atoms with van der Waals surface area (Å²) in [5.74, 6) is 0.895. The topological polar surface area (TPSA) is 12.0 Å². The van der Waals surface area contributed by atoms with Crippen molar-refractivity contribution in [3.8, 4) is 0 Å². The first-order chi connectivity index (χ1) is 8.70. The monoisotopic (exact) mass is 285 g/mol. The van der Waals surface area contributed by atoms with E-state index >= 15 is 0 Å². The first-order valence-electron chi connectivity index (χ1n) is 6.87. The molecule has 0 heterocycles. The molecule has 2 atom stereocenters. The molecule has 0 saturated heterocycles. The van der Waals surface area contributed by atoms with Crippen LogP contribution in [0.1, 0.15) is 44.6 Å². The molecule has 2 unspecified atom stereocenters. The highest BCUT2D eigenvalue weighted by Gasteiger charge is 2.20. The fraction of sp³-hybridized carbons (Fsp3) is 0.600. The normalized spacial score (nSPS) is 24.2. The summed E-state index contributed by atoms with van der Waals surface area (Å²) < 4.78 is 0. The zero-order valence-electron chi connectivity index (χ0n) is 10.9. The Hall–Kier alpha value is -0.240. The van der Waals surface area contributed by atoms with Crippen LogP contribution in [0.3, 0.4) is 0 Å². The van der Waals surface area contributed by atoms with Crippen LogP contribution >= 0.6 is 23.2 Å². The SMILES string of the molecule is CCC1CCCC(NCc2cccc(Cl)c2Cl)C1. The van der Waals surface area contributed by atoms with Crippen molar-refractivity contribution in [1.29, 1.82) is 0 Å². The van der Waals surface area contributed by atoms with Crippen molar-refractivity contribution >= 4 is 23.2 Å². The van der Waals surface area contributed by atoms with E-state index in [1.165, 1.54) is 32.1 Å². The Morgan fingerprint density at radius 2 is 2.11 bits per heavy atom. The first kappa shape index (κ1) is 14.2. The molecule has 0 bridgehead atoms. The molecule has 18 heavy (non-hydrogen) atoms. The van der Waals surface area contributed by atoms with Crippen LogP contribution in [-0.4, -0.2) is 6.04 Å². The molecular formula is C15H21Cl2N. The molecule has 1 fully saturated rings. The zero-order valence-corrected chi connectivity index (χ0v) is 12.4. The third-order valence-electron chi connectivity index (χ3n) is 3.97. The van der Waals surface area contributed by atoms with Gasteiger partial charge in [-0.2, -0.15) is 0 Å². The maximum absolute atomic E-state index is 6.19. The van der Waals surface area contributed by atoms with E-state index in [4.69, 9.17) is 23.2 Å². The largest absolute Gasteiger partial charge is 0.310 e. The fourth-order valence-electron chi connectivity index (χ4n) is 2.79. The van der Waals surface area contributed by atoms with Crippen LogP contribution in [0.2, 0.25) is 10.0 Å². The predicted octanol–water partition coefficient (Wildman–Crippen LogP) is 5.05. The lowest BCUT2D eigenvalue weighted by Crippen LogP contribution is -2.33. The summed E-state index contributed by atoms with van der Waals surface area (Å²) in [6, 6.07) is 6.47. The highest BCUT2D eigenvalue weighted by molar-refractivity contribution is 6.42. The average molecular weight is 286 g/mol. The number of halogens is 2. The molecule has 0 amide bonds. The first-order valence-corrected chi connectivity index (χ1v) is 7.62. The second-order valence-corrected chi connectivity index (χ2v) is 6.02. The third kappa shape index (κ3) is 3.63. The van der Waals surface area contributed by atoms with Gasteiger partial charge in [-0.15, -0.1) is 0 Å². The molecule has 1 aliphatic rings. The van der Waals surface area contributed by atoms with Crippen LogP contribution in [0, 0.1) is 5.92 Å². The van der Waals surface area contributed by atoms with E-state index < -0.39 is 0 Å². The van der Waals surface area contributed by atoms with Crippen LogP contribution in [-0.2, 0) is 6.54 Å². The van der Waals surface area contributed by atoms with Gasteiger partial charge in [0.2, 0.25) is 0 Å². The van der Waals surface area contributed by atoms with Crippen molar-refractivity contribution in [1.82, 2.24) is 5.32 Å². The Balaban J connectivity index is 1.89. The lowest BCUT2D eigenvalue weighted by molar-refractivity contribution is 0.278. The summed E-state index contributed by atoms with van der Waals surface area (Å²) in [5.41, 5.74) is 1.10. The Morgan fingerprint density at radius 3 is 2.89 bits per heavy atom. The molecule has 0 radical (unpaired) electrons. The summed E-state index contributed by atoms with van der Waals surface area (Å²) in [7, 11) is 0. The standard InChI is InChI=1S/C15H21Cl2N/c1-2-11-5-3-7-13(9-11)18-10-12-6-4-8-14(16)15(12)17/h4,6,8,11,13,18H,2-3,5,7,9-10H2,1H3. The van der Waals surface area contributed by atoms with Crippen LogP contribution < -0.4 is 5.32 Å². The molecule has 1 aromatic rings. The second-order valence-electron chi connectivity index (χ2n) is 5.23. The van der Waals surface area contributed by atoms with Gasteiger partial charge in [-0.3, -0.25) is 0 Å². The molecule has 2 rings (SSSR count). The average Bonchev–Trinajstić information content (AvgIpc) is 2.41. The minimum Gasteiger partial charge on any atom is -0.310 e. The minimum absolute atomic E-state index is 0.638. The number of rotatable bonds is 4. The molecular weight excluding hydrogens is 265 g/mol. The molecule has 0 aromatic heterocycles. The molecule has 0 spiro atoms. The summed E-state index contributed by atoms with van der Waals surface area (Å²) in [4.78, 5) is 0. The van der Waals surface area contributed by atoms with Crippen molar-refractivity contribution in [3.63, 3.8) is 0 Å². The van der Waals surface area contributed by atoms with Crippen molar-refractivity contribution in [3.05, 3.63) is 33.8 Å². The lowest BCUT2D eigenvalue weighted by Gasteiger charge is -2.29. The Morgan fingerprint density at radius 1 is 1.28 bits per heavy atom. The summed E-state index contributed by atoms with van der Waals surface area (Å²) in [5, 5.41) is 4.96. The molecule has 3 heteroatoms. The predicted molar refractivity (Wildman–Crippen MR) is 79.3 cm³/mol. The van der Waals surface area contributed by atoms with Gasteiger partial charge < -0.3 is 5.32 Å². The van der Waals surface area contributed by atoms with E-state index in [0.717, 1.165) is 18.0 Å². The molecule has 0 aliphatic heterocycles. The van der Waals surface area contributed by atoms with Crippen molar-refractivity contribution in [2.75, 3.05) is 0 Å². The fourth-order valence-corrected chi connectivity index (χ4v) is 3.17. The van der Waals surface area contributed by atoms with Gasteiger partial charge in [-0.05, 0) is 30.4 Å². The molecule has 1 saturated carbocycles. The maximum Gasteiger partial charge on any atom is 0.0637 e. The summed E-state index contributed by atoms with van der Waals surface area (Å²) >= 11 is 12.2. The van der Waals surface area contributed by atoms with Gasteiger partial charge in [-0.1, -0.05) is 61.5 Å². The zero-order chi connectivity index (χ0) is 13.0. The van der Waals surface area contributed by atoms with Gasteiger partial charge in [-0.25, -0.2) is 0 Å². The number of benzene rings is 1.